The third-order valence-electron chi connectivity index (χ3n) is 4.30. The molecule has 0 aromatic heterocycles. The van der Waals surface area contributed by atoms with E-state index in [-0.39, 0.29) is 5.91 Å². The Balaban J connectivity index is 1.31. The van der Waals surface area contributed by atoms with Gasteiger partial charge in [0, 0.05) is 31.1 Å². The van der Waals surface area contributed by atoms with E-state index in [0.29, 0.717) is 5.75 Å². The molecule has 0 radical (unpaired) electrons. The molecule has 3 rings (SSSR count). The summed E-state index contributed by atoms with van der Waals surface area (Å²) in [6.45, 7) is 3.95. The van der Waals surface area contributed by atoms with E-state index < -0.39 is 0 Å². The topological polar surface area (TPSA) is 32.3 Å². The maximum atomic E-state index is 11.9. The quantitative estimate of drug-likeness (QED) is 0.620. The van der Waals surface area contributed by atoms with Gasteiger partial charge in [-0.3, -0.25) is 9.69 Å². The van der Waals surface area contributed by atoms with E-state index in [9.17, 15) is 4.79 Å². The number of benzene rings is 2. The Hall–Kier alpha value is -1.78. The Bertz CT molecular complexity index is 660. The fourth-order valence-corrected chi connectivity index (χ4v) is 3.74. The van der Waals surface area contributed by atoms with Crippen LogP contribution in [0.25, 0.3) is 0 Å². The van der Waals surface area contributed by atoms with E-state index >= 15 is 0 Å². The van der Waals surface area contributed by atoms with E-state index in [1.54, 1.807) is 11.8 Å². The van der Waals surface area contributed by atoms with Crippen LogP contribution in [-0.4, -0.2) is 36.2 Å². The van der Waals surface area contributed by atoms with Gasteiger partial charge in [-0.05, 0) is 36.1 Å². The standard InChI is InChI=1S/C20H24N2OS/c23-20(16-24-19-9-2-1-3-10-19)21-12-6-13-22-14-11-17-7-4-5-8-18(17)15-22/h1-5,7-10H,6,11-16H2,(H,21,23). The maximum Gasteiger partial charge on any atom is 0.230 e. The minimum atomic E-state index is 0.118. The van der Waals surface area contributed by atoms with Crippen LogP contribution in [-0.2, 0) is 17.8 Å². The summed E-state index contributed by atoms with van der Waals surface area (Å²) in [7, 11) is 0. The van der Waals surface area contributed by atoms with Gasteiger partial charge in [-0.2, -0.15) is 0 Å². The first-order valence-electron chi connectivity index (χ1n) is 8.55. The Kier molecular flexibility index (Phi) is 6.33. The largest absolute Gasteiger partial charge is 0.355 e. The highest BCUT2D eigenvalue weighted by atomic mass is 32.2. The van der Waals surface area contributed by atoms with Crippen LogP contribution in [0, 0.1) is 0 Å². The maximum absolute atomic E-state index is 11.9. The molecule has 0 aliphatic carbocycles. The predicted molar refractivity (Wildman–Crippen MR) is 100 cm³/mol. The van der Waals surface area contributed by atoms with Crippen molar-refractivity contribution in [2.24, 2.45) is 0 Å². The zero-order valence-electron chi connectivity index (χ0n) is 13.9. The lowest BCUT2D eigenvalue weighted by Crippen LogP contribution is -2.34. The molecule has 2 aromatic rings. The van der Waals surface area contributed by atoms with Gasteiger partial charge in [-0.1, -0.05) is 42.5 Å². The third kappa shape index (κ3) is 5.11. The van der Waals surface area contributed by atoms with Gasteiger partial charge in [-0.15, -0.1) is 11.8 Å². The molecule has 3 nitrogen and oxygen atoms in total. The lowest BCUT2D eigenvalue weighted by Gasteiger charge is -2.28. The van der Waals surface area contributed by atoms with Crippen LogP contribution < -0.4 is 5.32 Å². The van der Waals surface area contributed by atoms with Crippen molar-refractivity contribution in [1.82, 2.24) is 10.2 Å². The molecule has 2 aromatic carbocycles. The number of carbonyl (C=O) groups excluding carboxylic acids is 1. The molecule has 0 atom stereocenters. The molecule has 24 heavy (non-hydrogen) atoms. The van der Waals surface area contributed by atoms with Gasteiger partial charge < -0.3 is 5.32 Å². The molecule has 126 valence electrons. The smallest absolute Gasteiger partial charge is 0.230 e. The van der Waals surface area contributed by atoms with E-state index in [1.165, 1.54) is 11.1 Å². The van der Waals surface area contributed by atoms with Crippen LogP contribution >= 0.6 is 11.8 Å². The fraction of sp³-hybridized carbons (Fsp3) is 0.350. The average Bonchev–Trinajstić information content (AvgIpc) is 2.64. The number of amides is 1. The lowest BCUT2D eigenvalue weighted by atomic mass is 10.00. The molecule has 1 N–H and O–H groups in total. The third-order valence-corrected chi connectivity index (χ3v) is 5.31. The number of hydrogen-bond acceptors (Lipinski definition) is 3. The Morgan fingerprint density at radius 2 is 1.79 bits per heavy atom. The van der Waals surface area contributed by atoms with Gasteiger partial charge in [0.1, 0.15) is 0 Å². The van der Waals surface area contributed by atoms with Gasteiger partial charge in [0.2, 0.25) is 5.91 Å². The summed E-state index contributed by atoms with van der Waals surface area (Å²) in [6.07, 6.45) is 2.14. The number of nitrogens with one attached hydrogen (secondary N) is 1. The highest BCUT2D eigenvalue weighted by molar-refractivity contribution is 8.00. The first-order valence-corrected chi connectivity index (χ1v) is 9.53. The Morgan fingerprint density at radius 1 is 1.04 bits per heavy atom. The molecule has 0 spiro atoms. The normalized spacial score (nSPS) is 14.2. The molecule has 1 aliphatic rings. The highest BCUT2D eigenvalue weighted by Gasteiger charge is 2.14. The molecule has 0 fully saturated rings. The Morgan fingerprint density at radius 3 is 2.62 bits per heavy atom. The number of thioether (sulfide) groups is 1. The van der Waals surface area contributed by atoms with Crippen molar-refractivity contribution in [2.75, 3.05) is 25.4 Å². The minimum absolute atomic E-state index is 0.118. The van der Waals surface area contributed by atoms with Crippen LogP contribution in [0.4, 0.5) is 0 Å². The summed E-state index contributed by atoms with van der Waals surface area (Å²) in [4.78, 5) is 15.5. The van der Waals surface area contributed by atoms with Crippen molar-refractivity contribution >= 4 is 17.7 Å². The molecular formula is C20H24N2OS. The van der Waals surface area contributed by atoms with E-state index in [1.807, 2.05) is 30.3 Å². The van der Waals surface area contributed by atoms with Gasteiger partial charge >= 0.3 is 0 Å². The van der Waals surface area contributed by atoms with Crippen molar-refractivity contribution in [3.05, 3.63) is 65.7 Å². The number of rotatable bonds is 7. The molecular weight excluding hydrogens is 316 g/mol. The summed E-state index contributed by atoms with van der Waals surface area (Å²) in [5.41, 5.74) is 2.94. The van der Waals surface area contributed by atoms with Crippen LogP contribution in [0.5, 0.6) is 0 Å². The summed E-state index contributed by atoms with van der Waals surface area (Å²) in [5.74, 6) is 0.606. The van der Waals surface area contributed by atoms with Gasteiger partial charge in [0.25, 0.3) is 0 Å². The van der Waals surface area contributed by atoms with Crippen molar-refractivity contribution in [3.63, 3.8) is 0 Å². The molecule has 0 saturated carbocycles. The van der Waals surface area contributed by atoms with Gasteiger partial charge in [-0.25, -0.2) is 0 Å². The van der Waals surface area contributed by atoms with Crippen molar-refractivity contribution in [2.45, 2.75) is 24.3 Å². The zero-order chi connectivity index (χ0) is 16.6. The number of nitrogens with zero attached hydrogens (tertiary/aromatic N) is 1. The fourth-order valence-electron chi connectivity index (χ4n) is 2.99. The van der Waals surface area contributed by atoms with Gasteiger partial charge in [0.05, 0.1) is 5.75 Å². The van der Waals surface area contributed by atoms with E-state index in [4.69, 9.17) is 0 Å². The van der Waals surface area contributed by atoms with Crippen molar-refractivity contribution in [1.29, 1.82) is 0 Å². The van der Waals surface area contributed by atoms with Crippen LogP contribution in [0.1, 0.15) is 17.5 Å². The second-order valence-electron chi connectivity index (χ2n) is 6.10. The summed E-state index contributed by atoms with van der Waals surface area (Å²) in [6, 6.07) is 18.8. The first-order chi connectivity index (χ1) is 11.8. The molecule has 0 bridgehead atoms. The molecule has 0 saturated heterocycles. The molecule has 1 amide bonds. The van der Waals surface area contributed by atoms with Crippen molar-refractivity contribution < 1.29 is 4.79 Å². The first kappa shape index (κ1) is 17.1. The van der Waals surface area contributed by atoms with Crippen molar-refractivity contribution in [3.8, 4) is 0 Å². The van der Waals surface area contributed by atoms with Crippen LogP contribution in [0.3, 0.4) is 0 Å². The monoisotopic (exact) mass is 340 g/mol. The molecule has 0 unspecified atom stereocenters. The molecule has 1 aliphatic heterocycles. The Labute approximate surface area is 148 Å². The van der Waals surface area contributed by atoms with Crippen LogP contribution in [0.15, 0.2) is 59.5 Å². The SMILES string of the molecule is O=C(CSc1ccccc1)NCCCN1CCc2ccccc2C1. The molecule has 1 heterocycles. The lowest BCUT2D eigenvalue weighted by molar-refractivity contribution is -0.118. The second kappa shape index (κ2) is 8.90. The second-order valence-corrected chi connectivity index (χ2v) is 7.15. The average molecular weight is 340 g/mol. The summed E-state index contributed by atoms with van der Waals surface area (Å²) >= 11 is 1.58. The van der Waals surface area contributed by atoms with E-state index in [2.05, 4.69) is 34.5 Å². The number of hydrogen-bond donors (Lipinski definition) is 1. The predicted octanol–water partition coefficient (Wildman–Crippen LogP) is 3.34. The minimum Gasteiger partial charge on any atom is -0.355 e. The van der Waals surface area contributed by atoms with Crippen LogP contribution in [0.2, 0.25) is 0 Å². The zero-order valence-corrected chi connectivity index (χ0v) is 14.7. The summed E-state index contributed by atoms with van der Waals surface area (Å²) in [5, 5.41) is 3.03. The van der Waals surface area contributed by atoms with Gasteiger partial charge in [0.15, 0.2) is 0 Å². The number of carbonyl (C=O) groups is 1. The number of fused-ring (bicyclic) bond motifs is 1. The summed E-state index contributed by atoms with van der Waals surface area (Å²) < 4.78 is 0. The highest BCUT2D eigenvalue weighted by Crippen LogP contribution is 2.18. The van der Waals surface area contributed by atoms with E-state index in [0.717, 1.165) is 43.9 Å². The molecule has 4 heteroatoms.